The Hall–Kier alpha value is -1.97. The van der Waals surface area contributed by atoms with Crippen LogP contribution in [-0.4, -0.2) is 5.11 Å². The summed E-state index contributed by atoms with van der Waals surface area (Å²) in [6, 6.07) is 9.74. The van der Waals surface area contributed by atoms with Crippen LogP contribution in [0, 0.1) is 6.92 Å². The summed E-state index contributed by atoms with van der Waals surface area (Å²) in [6.45, 7) is 1.87. The van der Waals surface area contributed by atoms with Crippen molar-refractivity contribution in [2.24, 2.45) is 0 Å². The van der Waals surface area contributed by atoms with Gasteiger partial charge in [-0.1, -0.05) is 34.8 Å². The van der Waals surface area contributed by atoms with Crippen LogP contribution in [-0.2, 0) is 0 Å². The van der Waals surface area contributed by atoms with Crippen LogP contribution < -0.4 is 5.43 Å². The molecule has 0 saturated carbocycles. The van der Waals surface area contributed by atoms with E-state index in [4.69, 9.17) is 27.6 Å². The molecule has 1 heterocycles. The van der Waals surface area contributed by atoms with Crippen molar-refractivity contribution in [3.63, 3.8) is 0 Å². The van der Waals surface area contributed by atoms with Gasteiger partial charge in [0.25, 0.3) is 0 Å². The molecule has 106 valence electrons. The van der Waals surface area contributed by atoms with Crippen molar-refractivity contribution >= 4 is 34.2 Å². The highest BCUT2D eigenvalue weighted by Crippen LogP contribution is 2.35. The smallest absolute Gasteiger partial charge is 0.212 e. The zero-order valence-corrected chi connectivity index (χ0v) is 12.5. The quantitative estimate of drug-likeness (QED) is 0.701. The lowest BCUT2D eigenvalue weighted by molar-refractivity contribution is 0.474. The van der Waals surface area contributed by atoms with Gasteiger partial charge in [0.15, 0.2) is 5.76 Å². The minimum atomic E-state index is -0.378. The lowest BCUT2D eigenvalue weighted by Gasteiger charge is -2.08. The van der Waals surface area contributed by atoms with Crippen molar-refractivity contribution < 1.29 is 9.52 Å². The Kier molecular flexibility index (Phi) is 3.40. The van der Waals surface area contributed by atoms with Crippen molar-refractivity contribution in [3.05, 3.63) is 62.2 Å². The van der Waals surface area contributed by atoms with Gasteiger partial charge in [-0.25, -0.2) is 0 Å². The molecular formula is C16H10Cl2O3. The summed E-state index contributed by atoms with van der Waals surface area (Å²) in [4.78, 5) is 12.3. The first-order valence-electron chi connectivity index (χ1n) is 6.19. The van der Waals surface area contributed by atoms with E-state index >= 15 is 0 Å². The fourth-order valence-corrected chi connectivity index (χ4v) is 2.56. The van der Waals surface area contributed by atoms with E-state index in [-0.39, 0.29) is 22.0 Å². The maximum Gasteiger partial charge on any atom is 0.212 e. The normalized spacial score (nSPS) is 11.0. The van der Waals surface area contributed by atoms with E-state index < -0.39 is 0 Å². The molecule has 3 rings (SSSR count). The topological polar surface area (TPSA) is 50.4 Å². The summed E-state index contributed by atoms with van der Waals surface area (Å²) in [6.07, 6.45) is 0. The van der Waals surface area contributed by atoms with Crippen LogP contribution in [0.3, 0.4) is 0 Å². The lowest BCUT2D eigenvalue weighted by Crippen LogP contribution is -2.04. The Balaban J connectivity index is 2.39. The molecule has 1 N–H and O–H groups in total. The van der Waals surface area contributed by atoms with E-state index in [2.05, 4.69) is 0 Å². The highest BCUT2D eigenvalue weighted by atomic mass is 35.5. The van der Waals surface area contributed by atoms with E-state index in [0.29, 0.717) is 21.6 Å². The Morgan fingerprint density at radius 2 is 1.86 bits per heavy atom. The van der Waals surface area contributed by atoms with Gasteiger partial charge in [-0.15, -0.1) is 0 Å². The van der Waals surface area contributed by atoms with Crippen molar-refractivity contribution in [2.45, 2.75) is 6.92 Å². The van der Waals surface area contributed by atoms with Crippen LogP contribution in [0.15, 0.2) is 45.6 Å². The predicted molar refractivity (Wildman–Crippen MR) is 84.3 cm³/mol. The van der Waals surface area contributed by atoms with E-state index in [1.165, 1.54) is 12.1 Å². The number of hydrogen-bond donors (Lipinski definition) is 1. The summed E-state index contributed by atoms with van der Waals surface area (Å²) in [5, 5.41) is 10.6. The minimum absolute atomic E-state index is 0.000960. The van der Waals surface area contributed by atoms with Gasteiger partial charge >= 0.3 is 0 Å². The van der Waals surface area contributed by atoms with Gasteiger partial charge in [0.05, 0.1) is 10.9 Å². The average Bonchev–Trinajstić information content (AvgIpc) is 2.46. The molecule has 0 aliphatic heterocycles. The monoisotopic (exact) mass is 320 g/mol. The molecule has 5 heteroatoms. The van der Waals surface area contributed by atoms with Gasteiger partial charge in [-0.3, -0.25) is 4.79 Å². The zero-order chi connectivity index (χ0) is 15.1. The van der Waals surface area contributed by atoms with Gasteiger partial charge in [0.1, 0.15) is 16.4 Å². The van der Waals surface area contributed by atoms with E-state index in [9.17, 15) is 9.90 Å². The Morgan fingerprint density at radius 3 is 2.62 bits per heavy atom. The van der Waals surface area contributed by atoms with Crippen LogP contribution in [0.5, 0.6) is 5.75 Å². The average molecular weight is 321 g/mol. The molecule has 21 heavy (non-hydrogen) atoms. The van der Waals surface area contributed by atoms with Crippen LogP contribution in [0.2, 0.25) is 10.0 Å². The first-order chi connectivity index (χ1) is 9.97. The number of rotatable bonds is 1. The van der Waals surface area contributed by atoms with Gasteiger partial charge in [0, 0.05) is 5.02 Å². The van der Waals surface area contributed by atoms with Crippen LogP contribution in [0.1, 0.15) is 5.56 Å². The molecule has 1 aromatic heterocycles. The fourth-order valence-electron chi connectivity index (χ4n) is 2.15. The third kappa shape index (κ3) is 2.39. The summed E-state index contributed by atoms with van der Waals surface area (Å²) in [5.74, 6) is 0.150. The van der Waals surface area contributed by atoms with Crippen molar-refractivity contribution in [2.75, 3.05) is 0 Å². The Morgan fingerprint density at radius 1 is 1.10 bits per heavy atom. The molecule has 0 amide bonds. The number of aromatic hydroxyl groups is 1. The number of fused-ring (bicyclic) bond motifs is 1. The maximum atomic E-state index is 12.3. The first kappa shape index (κ1) is 14.0. The van der Waals surface area contributed by atoms with Gasteiger partial charge in [-0.05, 0) is 37.3 Å². The van der Waals surface area contributed by atoms with Crippen molar-refractivity contribution in [1.82, 2.24) is 0 Å². The molecule has 0 aliphatic rings. The van der Waals surface area contributed by atoms with Gasteiger partial charge < -0.3 is 9.52 Å². The van der Waals surface area contributed by atoms with Gasteiger partial charge in [0.2, 0.25) is 5.43 Å². The Bertz CT molecular complexity index is 913. The van der Waals surface area contributed by atoms with Crippen LogP contribution >= 0.6 is 23.2 Å². The molecule has 0 radical (unpaired) electrons. The Labute approximate surface area is 130 Å². The van der Waals surface area contributed by atoms with E-state index in [1.54, 1.807) is 24.3 Å². The summed E-state index contributed by atoms with van der Waals surface area (Å²) in [7, 11) is 0. The predicted octanol–water partition coefficient (Wildman–Crippen LogP) is 4.78. The summed E-state index contributed by atoms with van der Waals surface area (Å²) < 4.78 is 5.70. The highest BCUT2D eigenvalue weighted by molar-refractivity contribution is 6.34. The highest BCUT2D eigenvalue weighted by Gasteiger charge is 2.17. The molecule has 0 aliphatic carbocycles. The molecule has 0 fully saturated rings. The minimum Gasteiger partial charge on any atom is -0.507 e. The zero-order valence-electron chi connectivity index (χ0n) is 11.0. The van der Waals surface area contributed by atoms with E-state index in [0.717, 1.165) is 5.56 Å². The molecule has 0 spiro atoms. The summed E-state index contributed by atoms with van der Waals surface area (Å²) in [5.41, 5.74) is 1.28. The molecule has 2 aromatic carbocycles. The van der Waals surface area contributed by atoms with E-state index in [1.807, 2.05) is 6.92 Å². The number of phenols is 1. The second-order valence-corrected chi connectivity index (χ2v) is 5.55. The third-order valence-electron chi connectivity index (χ3n) is 3.19. The molecule has 0 bridgehead atoms. The third-order valence-corrected chi connectivity index (χ3v) is 3.77. The number of halogens is 2. The number of hydrogen-bond acceptors (Lipinski definition) is 3. The summed E-state index contributed by atoms with van der Waals surface area (Å²) >= 11 is 12.0. The number of phenolic OH excluding ortho intramolecular Hbond substituents is 1. The molecular weight excluding hydrogens is 311 g/mol. The van der Waals surface area contributed by atoms with Gasteiger partial charge in [-0.2, -0.15) is 0 Å². The molecule has 3 aromatic rings. The second-order valence-electron chi connectivity index (χ2n) is 4.74. The fraction of sp³-hybridized carbons (Fsp3) is 0.0625. The second kappa shape index (κ2) is 5.10. The van der Waals surface area contributed by atoms with Crippen molar-refractivity contribution in [1.29, 1.82) is 0 Å². The van der Waals surface area contributed by atoms with Crippen molar-refractivity contribution in [3.8, 4) is 17.1 Å². The lowest BCUT2D eigenvalue weighted by atomic mass is 10.1. The SMILES string of the molecule is Cc1ccc(O)c(-c2oc3ccc(Cl)cc3c(=O)c2Cl)c1. The molecule has 0 saturated heterocycles. The first-order valence-corrected chi connectivity index (χ1v) is 6.95. The van der Waals surface area contributed by atoms with Crippen LogP contribution in [0.25, 0.3) is 22.3 Å². The molecule has 0 atom stereocenters. The molecule has 0 unspecified atom stereocenters. The number of aryl methyl sites for hydroxylation is 1. The number of benzene rings is 2. The largest absolute Gasteiger partial charge is 0.507 e. The maximum absolute atomic E-state index is 12.3. The molecule has 3 nitrogen and oxygen atoms in total. The standard InChI is InChI=1S/C16H10Cl2O3/c1-8-2-4-12(19)10(6-8)16-14(18)15(20)11-7-9(17)3-5-13(11)21-16/h2-7,19H,1H3. The van der Waals surface area contributed by atoms with Crippen LogP contribution in [0.4, 0.5) is 0 Å².